The number of anilines is 1. The van der Waals surface area contributed by atoms with Gasteiger partial charge in [-0.25, -0.2) is 0 Å². The van der Waals surface area contributed by atoms with Gasteiger partial charge < -0.3 is 4.90 Å². The van der Waals surface area contributed by atoms with Gasteiger partial charge in [0.15, 0.2) is 0 Å². The molecule has 0 atom stereocenters. The zero-order valence-electron chi connectivity index (χ0n) is 8.47. The van der Waals surface area contributed by atoms with Crippen molar-refractivity contribution in [3.05, 3.63) is 29.3 Å². The first kappa shape index (κ1) is 10.4. The van der Waals surface area contributed by atoms with Gasteiger partial charge in [-0.05, 0) is 37.1 Å². The third-order valence-electron chi connectivity index (χ3n) is 2.35. The summed E-state index contributed by atoms with van der Waals surface area (Å²) in [5, 5.41) is 0. The fourth-order valence-electron chi connectivity index (χ4n) is 1.22. The molecule has 0 aliphatic rings. The van der Waals surface area contributed by atoms with Gasteiger partial charge in [0.25, 0.3) is 0 Å². The SMILES string of the molecule is Cc1ccc(N(C)CCCl)cc1C. The van der Waals surface area contributed by atoms with Gasteiger partial charge in [0, 0.05) is 25.2 Å². The maximum atomic E-state index is 5.68. The van der Waals surface area contributed by atoms with Crippen molar-refractivity contribution in [2.75, 3.05) is 24.4 Å². The Kier molecular flexibility index (Phi) is 3.61. The maximum absolute atomic E-state index is 5.68. The molecule has 0 aliphatic carbocycles. The molecule has 0 spiro atoms. The number of benzene rings is 1. The predicted molar refractivity (Wildman–Crippen MR) is 59.9 cm³/mol. The van der Waals surface area contributed by atoms with Crippen LogP contribution in [0.3, 0.4) is 0 Å². The van der Waals surface area contributed by atoms with Crippen molar-refractivity contribution in [2.24, 2.45) is 0 Å². The molecule has 0 N–H and O–H groups in total. The van der Waals surface area contributed by atoms with E-state index in [1.807, 2.05) is 0 Å². The molecule has 0 heterocycles. The lowest BCUT2D eigenvalue weighted by Crippen LogP contribution is -2.19. The van der Waals surface area contributed by atoms with Crippen LogP contribution in [0.15, 0.2) is 18.2 Å². The molecule has 72 valence electrons. The molecular formula is C11H16ClN. The molecular weight excluding hydrogens is 182 g/mol. The van der Waals surface area contributed by atoms with Crippen molar-refractivity contribution in [3.63, 3.8) is 0 Å². The molecule has 0 amide bonds. The number of rotatable bonds is 3. The Morgan fingerprint density at radius 2 is 1.92 bits per heavy atom. The van der Waals surface area contributed by atoms with Crippen LogP contribution in [0.4, 0.5) is 5.69 Å². The summed E-state index contributed by atoms with van der Waals surface area (Å²) in [5.41, 5.74) is 3.91. The van der Waals surface area contributed by atoms with Gasteiger partial charge in [0.1, 0.15) is 0 Å². The Morgan fingerprint density at radius 3 is 2.46 bits per heavy atom. The summed E-state index contributed by atoms with van der Waals surface area (Å²) in [4.78, 5) is 2.17. The van der Waals surface area contributed by atoms with E-state index in [1.54, 1.807) is 0 Å². The molecule has 0 aromatic heterocycles. The number of hydrogen-bond acceptors (Lipinski definition) is 1. The molecule has 0 unspecified atom stereocenters. The van der Waals surface area contributed by atoms with Crippen molar-refractivity contribution in [1.82, 2.24) is 0 Å². The number of nitrogens with zero attached hydrogens (tertiary/aromatic N) is 1. The van der Waals surface area contributed by atoms with Gasteiger partial charge in [-0.3, -0.25) is 0 Å². The van der Waals surface area contributed by atoms with Crippen LogP contribution in [0.25, 0.3) is 0 Å². The van der Waals surface area contributed by atoms with Crippen LogP contribution in [0, 0.1) is 13.8 Å². The van der Waals surface area contributed by atoms with Crippen molar-refractivity contribution >= 4 is 17.3 Å². The summed E-state index contributed by atoms with van der Waals surface area (Å²) in [6.07, 6.45) is 0. The van der Waals surface area contributed by atoms with E-state index < -0.39 is 0 Å². The maximum Gasteiger partial charge on any atom is 0.0399 e. The van der Waals surface area contributed by atoms with Crippen LogP contribution in [-0.4, -0.2) is 19.5 Å². The van der Waals surface area contributed by atoms with E-state index >= 15 is 0 Å². The molecule has 0 aliphatic heterocycles. The fraction of sp³-hybridized carbons (Fsp3) is 0.455. The summed E-state index contributed by atoms with van der Waals surface area (Å²) in [7, 11) is 2.06. The van der Waals surface area contributed by atoms with Gasteiger partial charge in [0.2, 0.25) is 0 Å². The van der Waals surface area contributed by atoms with Crippen molar-refractivity contribution < 1.29 is 0 Å². The number of aryl methyl sites for hydroxylation is 2. The van der Waals surface area contributed by atoms with Gasteiger partial charge in [-0.2, -0.15) is 0 Å². The van der Waals surface area contributed by atoms with E-state index in [-0.39, 0.29) is 0 Å². The molecule has 2 heteroatoms. The molecule has 0 fully saturated rings. The van der Waals surface area contributed by atoms with E-state index in [1.165, 1.54) is 16.8 Å². The minimum Gasteiger partial charge on any atom is -0.373 e. The van der Waals surface area contributed by atoms with E-state index in [4.69, 9.17) is 11.6 Å². The number of halogens is 1. The third-order valence-corrected chi connectivity index (χ3v) is 2.52. The predicted octanol–water partition coefficient (Wildman–Crippen LogP) is 2.98. The van der Waals surface area contributed by atoms with Crippen LogP contribution in [0.2, 0.25) is 0 Å². The van der Waals surface area contributed by atoms with E-state index in [2.05, 4.69) is 44.0 Å². The zero-order valence-corrected chi connectivity index (χ0v) is 9.23. The van der Waals surface area contributed by atoms with Crippen molar-refractivity contribution in [2.45, 2.75) is 13.8 Å². The Bertz CT molecular complexity index is 283. The van der Waals surface area contributed by atoms with Crippen LogP contribution >= 0.6 is 11.6 Å². The van der Waals surface area contributed by atoms with Crippen LogP contribution in [0.5, 0.6) is 0 Å². The minimum absolute atomic E-state index is 0.670. The lowest BCUT2D eigenvalue weighted by atomic mass is 10.1. The summed E-state index contributed by atoms with van der Waals surface area (Å²) >= 11 is 5.68. The van der Waals surface area contributed by atoms with E-state index in [0.29, 0.717) is 5.88 Å². The summed E-state index contributed by atoms with van der Waals surface area (Å²) in [6, 6.07) is 6.48. The summed E-state index contributed by atoms with van der Waals surface area (Å²) in [5.74, 6) is 0.670. The summed E-state index contributed by atoms with van der Waals surface area (Å²) < 4.78 is 0. The Hall–Kier alpha value is -0.690. The lowest BCUT2D eigenvalue weighted by molar-refractivity contribution is 0.971. The third kappa shape index (κ3) is 2.63. The summed E-state index contributed by atoms with van der Waals surface area (Å²) in [6.45, 7) is 5.15. The standard InChI is InChI=1S/C11H16ClN/c1-9-4-5-11(8-10(9)2)13(3)7-6-12/h4-5,8H,6-7H2,1-3H3. The molecule has 1 nitrogen and oxygen atoms in total. The lowest BCUT2D eigenvalue weighted by Gasteiger charge is -2.18. The Morgan fingerprint density at radius 1 is 1.23 bits per heavy atom. The largest absolute Gasteiger partial charge is 0.373 e. The number of hydrogen-bond donors (Lipinski definition) is 0. The highest BCUT2D eigenvalue weighted by molar-refractivity contribution is 6.18. The highest BCUT2D eigenvalue weighted by Gasteiger charge is 2.00. The van der Waals surface area contributed by atoms with Crippen molar-refractivity contribution in [1.29, 1.82) is 0 Å². The normalized spacial score (nSPS) is 10.2. The van der Waals surface area contributed by atoms with E-state index in [9.17, 15) is 0 Å². The highest BCUT2D eigenvalue weighted by atomic mass is 35.5. The average Bonchev–Trinajstić information content (AvgIpc) is 2.10. The molecule has 13 heavy (non-hydrogen) atoms. The molecule has 1 rings (SSSR count). The molecule has 0 saturated heterocycles. The second-order valence-corrected chi connectivity index (χ2v) is 3.76. The Balaban J connectivity index is 2.84. The molecule has 0 saturated carbocycles. The first-order chi connectivity index (χ1) is 6.15. The van der Waals surface area contributed by atoms with Crippen LogP contribution in [0.1, 0.15) is 11.1 Å². The first-order valence-electron chi connectivity index (χ1n) is 4.49. The van der Waals surface area contributed by atoms with Crippen molar-refractivity contribution in [3.8, 4) is 0 Å². The first-order valence-corrected chi connectivity index (χ1v) is 5.03. The van der Waals surface area contributed by atoms with Gasteiger partial charge in [-0.1, -0.05) is 6.07 Å². The van der Waals surface area contributed by atoms with Gasteiger partial charge >= 0.3 is 0 Å². The van der Waals surface area contributed by atoms with Crippen LogP contribution < -0.4 is 4.90 Å². The zero-order chi connectivity index (χ0) is 9.84. The molecule has 0 radical (unpaired) electrons. The fourth-order valence-corrected chi connectivity index (χ4v) is 1.47. The Labute approximate surface area is 85.3 Å². The quantitative estimate of drug-likeness (QED) is 0.674. The molecule has 1 aromatic rings. The van der Waals surface area contributed by atoms with Gasteiger partial charge in [0.05, 0.1) is 0 Å². The minimum atomic E-state index is 0.670. The van der Waals surface area contributed by atoms with Crippen LogP contribution in [-0.2, 0) is 0 Å². The van der Waals surface area contributed by atoms with Gasteiger partial charge in [-0.15, -0.1) is 11.6 Å². The molecule has 1 aromatic carbocycles. The second-order valence-electron chi connectivity index (χ2n) is 3.38. The topological polar surface area (TPSA) is 3.24 Å². The number of alkyl halides is 1. The second kappa shape index (κ2) is 4.52. The van der Waals surface area contributed by atoms with E-state index in [0.717, 1.165) is 6.54 Å². The highest BCUT2D eigenvalue weighted by Crippen LogP contribution is 2.17. The average molecular weight is 198 g/mol. The molecule has 0 bridgehead atoms. The monoisotopic (exact) mass is 197 g/mol. The smallest absolute Gasteiger partial charge is 0.0399 e.